The molecule has 3 aromatic rings. The fourth-order valence-electron chi connectivity index (χ4n) is 5.25. The van der Waals surface area contributed by atoms with E-state index in [1.54, 1.807) is 12.1 Å². The third-order valence-corrected chi connectivity index (χ3v) is 7.51. The number of fused-ring (bicyclic) bond motifs is 1. The molecule has 0 aliphatic carbocycles. The molecule has 5 rings (SSSR count). The maximum atomic E-state index is 13.5. The van der Waals surface area contributed by atoms with E-state index in [1.807, 2.05) is 0 Å². The molecule has 2 aliphatic rings. The number of carboxylic acids is 1. The van der Waals surface area contributed by atoms with Crippen LogP contribution in [-0.2, 0) is 9.53 Å². The molecule has 0 amide bonds. The Kier molecular flexibility index (Phi) is 8.90. The number of benzene rings is 2. The average Bonchev–Trinajstić information content (AvgIpc) is 3.39. The molecular formula is C28H33FN2O10. The predicted molar refractivity (Wildman–Crippen MR) is 140 cm³/mol. The van der Waals surface area contributed by atoms with Crippen LogP contribution in [0.2, 0.25) is 0 Å². The first-order chi connectivity index (χ1) is 19.7. The number of rotatable bonds is 10. The van der Waals surface area contributed by atoms with Crippen molar-refractivity contribution in [2.45, 2.75) is 55.9 Å². The Labute approximate surface area is 234 Å². The number of halogens is 1. The Hall–Kier alpha value is -3.49. The quantitative estimate of drug-likeness (QED) is 0.260. The number of hydrogen-bond acceptors (Lipinski definition) is 11. The van der Waals surface area contributed by atoms with Crippen LogP contribution in [0.5, 0.6) is 17.2 Å². The summed E-state index contributed by atoms with van der Waals surface area (Å²) in [6.07, 6.45) is -5.90. The number of aliphatic hydroxyl groups is 3. The van der Waals surface area contributed by atoms with Crippen LogP contribution >= 0.6 is 0 Å². The lowest BCUT2D eigenvalue weighted by Gasteiger charge is -2.38. The molecule has 0 saturated carbocycles. The number of aliphatic hydroxyl groups excluding tert-OH is 3. The third kappa shape index (κ3) is 6.39. The fourth-order valence-corrected chi connectivity index (χ4v) is 5.25. The zero-order valence-electron chi connectivity index (χ0n) is 22.4. The van der Waals surface area contributed by atoms with Gasteiger partial charge in [0.15, 0.2) is 23.2 Å². The van der Waals surface area contributed by atoms with Gasteiger partial charge in [0.05, 0.1) is 19.4 Å². The number of aromatic nitrogens is 1. The minimum absolute atomic E-state index is 0.180. The van der Waals surface area contributed by atoms with E-state index in [0.29, 0.717) is 23.7 Å². The van der Waals surface area contributed by atoms with Crippen LogP contribution in [0, 0.1) is 5.82 Å². The molecule has 2 aliphatic heterocycles. The van der Waals surface area contributed by atoms with Gasteiger partial charge in [-0.1, -0.05) is 5.16 Å². The molecule has 41 heavy (non-hydrogen) atoms. The maximum Gasteiger partial charge on any atom is 0.335 e. The van der Waals surface area contributed by atoms with E-state index in [0.717, 1.165) is 50.0 Å². The highest BCUT2D eigenvalue weighted by Gasteiger charge is 2.48. The minimum atomic E-state index is -1.81. The normalized spacial score (nSPS) is 25.7. The Balaban J connectivity index is 1.09. The van der Waals surface area contributed by atoms with E-state index in [-0.39, 0.29) is 17.5 Å². The number of carboxylic acid groups (broad SMARTS) is 1. The Morgan fingerprint density at radius 1 is 1.07 bits per heavy atom. The van der Waals surface area contributed by atoms with Crippen molar-refractivity contribution in [1.29, 1.82) is 0 Å². The van der Waals surface area contributed by atoms with E-state index < -0.39 is 36.7 Å². The monoisotopic (exact) mass is 576 g/mol. The van der Waals surface area contributed by atoms with E-state index in [9.17, 15) is 29.6 Å². The summed E-state index contributed by atoms with van der Waals surface area (Å²) in [5.74, 6) is -0.572. The van der Waals surface area contributed by atoms with Gasteiger partial charge in [0.25, 0.3) is 0 Å². The van der Waals surface area contributed by atoms with Crippen molar-refractivity contribution in [3.63, 3.8) is 0 Å². The number of hydrogen-bond donors (Lipinski definition) is 4. The van der Waals surface area contributed by atoms with Gasteiger partial charge in [0.2, 0.25) is 6.29 Å². The molecule has 1 aromatic heterocycles. The summed E-state index contributed by atoms with van der Waals surface area (Å²) in [5.41, 5.74) is 1.36. The molecular weight excluding hydrogens is 543 g/mol. The second kappa shape index (κ2) is 12.6. The molecule has 2 saturated heterocycles. The molecule has 3 heterocycles. The van der Waals surface area contributed by atoms with Crippen LogP contribution in [0.25, 0.3) is 11.0 Å². The van der Waals surface area contributed by atoms with Crippen molar-refractivity contribution < 1.29 is 53.1 Å². The van der Waals surface area contributed by atoms with Crippen molar-refractivity contribution in [1.82, 2.24) is 10.1 Å². The molecule has 4 N–H and O–H groups in total. The summed E-state index contributed by atoms with van der Waals surface area (Å²) in [4.78, 5) is 13.7. The van der Waals surface area contributed by atoms with Crippen LogP contribution in [0.3, 0.4) is 0 Å². The summed E-state index contributed by atoms with van der Waals surface area (Å²) in [6, 6.07) is 9.16. The summed E-state index contributed by atoms with van der Waals surface area (Å²) in [7, 11) is 1.46. The molecule has 2 fully saturated rings. The van der Waals surface area contributed by atoms with Gasteiger partial charge >= 0.3 is 5.97 Å². The van der Waals surface area contributed by atoms with E-state index in [2.05, 4.69) is 10.1 Å². The molecule has 222 valence electrons. The number of likely N-dealkylation sites (tertiary alicyclic amines) is 1. The average molecular weight is 577 g/mol. The first kappa shape index (κ1) is 29.0. The maximum absolute atomic E-state index is 13.5. The van der Waals surface area contributed by atoms with Crippen molar-refractivity contribution >= 4 is 16.9 Å². The van der Waals surface area contributed by atoms with E-state index >= 15 is 0 Å². The van der Waals surface area contributed by atoms with Crippen molar-refractivity contribution in [3.8, 4) is 17.2 Å². The number of methoxy groups -OCH3 is 1. The van der Waals surface area contributed by atoms with Gasteiger partial charge in [0, 0.05) is 30.0 Å². The SMILES string of the molecule is COc1cc(O[C@@H]2O[C@H](C(=O)O)[C@@H](O)[C@H](O)[C@H]2O)ccc1OCCCN1CCC(c2noc3cc(F)ccc23)CC1. The van der Waals surface area contributed by atoms with Crippen LogP contribution in [0.4, 0.5) is 4.39 Å². The Morgan fingerprint density at radius 3 is 2.59 bits per heavy atom. The first-order valence-corrected chi connectivity index (χ1v) is 13.4. The first-order valence-electron chi connectivity index (χ1n) is 13.4. The van der Waals surface area contributed by atoms with Gasteiger partial charge in [-0.3, -0.25) is 0 Å². The Bertz CT molecular complexity index is 1340. The molecule has 2 aromatic carbocycles. The fraction of sp³-hybridized carbons (Fsp3) is 0.500. The minimum Gasteiger partial charge on any atom is -0.493 e. The van der Waals surface area contributed by atoms with Crippen molar-refractivity contribution in [2.24, 2.45) is 0 Å². The van der Waals surface area contributed by atoms with Gasteiger partial charge in [-0.05, 0) is 56.6 Å². The van der Waals surface area contributed by atoms with Crippen molar-refractivity contribution in [3.05, 3.63) is 47.9 Å². The third-order valence-electron chi connectivity index (χ3n) is 7.51. The molecule has 0 unspecified atom stereocenters. The lowest BCUT2D eigenvalue weighted by atomic mass is 9.91. The molecule has 5 atom stereocenters. The predicted octanol–water partition coefficient (Wildman–Crippen LogP) is 1.90. The van der Waals surface area contributed by atoms with Gasteiger partial charge in [0.1, 0.15) is 29.9 Å². The van der Waals surface area contributed by atoms with Crippen LogP contribution in [0.15, 0.2) is 40.9 Å². The summed E-state index contributed by atoms with van der Waals surface area (Å²) in [6.45, 7) is 3.08. The number of aliphatic carboxylic acids is 1. The van der Waals surface area contributed by atoms with Crippen LogP contribution in [-0.4, -0.2) is 101 Å². The second-order valence-corrected chi connectivity index (χ2v) is 10.2. The van der Waals surface area contributed by atoms with Gasteiger partial charge < -0.3 is 48.8 Å². The number of nitrogens with zero attached hydrogens (tertiary/aromatic N) is 2. The van der Waals surface area contributed by atoms with E-state index in [1.165, 1.54) is 31.4 Å². The van der Waals surface area contributed by atoms with Gasteiger partial charge in [-0.2, -0.15) is 0 Å². The zero-order chi connectivity index (χ0) is 29.1. The number of ether oxygens (including phenoxy) is 4. The largest absolute Gasteiger partial charge is 0.493 e. The molecule has 13 heteroatoms. The topological polar surface area (TPSA) is 164 Å². The van der Waals surface area contributed by atoms with Crippen LogP contribution < -0.4 is 14.2 Å². The number of carbonyl (C=O) groups is 1. The Morgan fingerprint density at radius 2 is 1.85 bits per heavy atom. The zero-order valence-corrected chi connectivity index (χ0v) is 22.4. The second-order valence-electron chi connectivity index (χ2n) is 10.2. The smallest absolute Gasteiger partial charge is 0.335 e. The lowest BCUT2D eigenvalue weighted by Crippen LogP contribution is -2.61. The summed E-state index contributed by atoms with van der Waals surface area (Å²) in [5, 5.41) is 44.3. The molecule has 0 bridgehead atoms. The van der Waals surface area contributed by atoms with Gasteiger partial charge in [-0.15, -0.1) is 0 Å². The summed E-state index contributed by atoms with van der Waals surface area (Å²) >= 11 is 0. The summed E-state index contributed by atoms with van der Waals surface area (Å²) < 4.78 is 40.8. The van der Waals surface area contributed by atoms with Crippen LogP contribution in [0.1, 0.15) is 30.9 Å². The standard InChI is InChI=1S/C28H33FN2O10/c1-37-21-14-17(39-28-25(34)23(32)24(33)26(40-28)27(35)36)4-6-19(21)38-12-2-9-31-10-7-15(8-11-31)22-18-5-3-16(29)13-20(18)41-30-22/h3-6,13-15,23-26,28,32-34H,2,7-12H2,1H3,(H,35,36)/t23-,24-,25+,26-,28+/m0/s1. The highest BCUT2D eigenvalue weighted by atomic mass is 19.1. The molecule has 0 radical (unpaired) electrons. The highest BCUT2D eigenvalue weighted by molar-refractivity contribution is 5.80. The van der Waals surface area contributed by atoms with Gasteiger partial charge in [-0.25, -0.2) is 9.18 Å². The van der Waals surface area contributed by atoms with Crippen molar-refractivity contribution in [2.75, 3.05) is 33.4 Å². The molecule has 0 spiro atoms. The highest BCUT2D eigenvalue weighted by Crippen LogP contribution is 2.34. The van der Waals surface area contributed by atoms with E-state index in [4.69, 9.17) is 23.5 Å². The lowest BCUT2D eigenvalue weighted by molar-refractivity contribution is -0.271. The molecule has 12 nitrogen and oxygen atoms in total. The number of piperidine rings is 1.